The molecule has 0 aromatic carbocycles. The van der Waals surface area contributed by atoms with Gasteiger partial charge in [0.2, 0.25) is 0 Å². The summed E-state index contributed by atoms with van der Waals surface area (Å²) in [7, 11) is 0. The van der Waals surface area contributed by atoms with Crippen LogP contribution >= 0.6 is 0 Å². The lowest BCUT2D eigenvalue weighted by Crippen LogP contribution is -1.95. The summed E-state index contributed by atoms with van der Waals surface area (Å²) < 4.78 is 0. The molecule has 0 unspecified atom stereocenters. The average Bonchev–Trinajstić information content (AvgIpc) is 2.49. The van der Waals surface area contributed by atoms with Gasteiger partial charge in [-0.3, -0.25) is 9.97 Å². The quantitative estimate of drug-likeness (QED) is 0.699. The molecule has 0 saturated heterocycles. The number of hydrogen-bond donors (Lipinski definition) is 0. The van der Waals surface area contributed by atoms with Gasteiger partial charge in [-0.1, -0.05) is 0 Å². The van der Waals surface area contributed by atoms with E-state index in [0.29, 0.717) is 0 Å². The summed E-state index contributed by atoms with van der Waals surface area (Å²) in [5.41, 5.74) is 4.89. The summed E-state index contributed by atoms with van der Waals surface area (Å²) in [4.78, 5) is 8.01. The third-order valence-corrected chi connectivity index (χ3v) is 2.91. The maximum Gasteiger partial charge on any atom is 0.0960 e. The molecule has 3 rings (SSSR count). The van der Waals surface area contributed by atoms with Crippen LogP contribution < -0.4 is 0 Å². The predicted molar refractivity (Wildman–Crippen MR) is 73.2 cm³/mol. The number of aromatic nitrogens is 4. The van der Waals surface area contributed by atoms with Crippen LogP contribution in [0.1, 0.15) is 5.56 Å². The number of hydrogen-bond acceptors (Lipinski definition) is 4. The normalized spacial score (nSPS) is 10.4. The molecule has 0 spiro atoms. The summed E-state index contributed by atoms with van der Waals surface area (Å²) in [6.45, 7) is 2.04. The zero-order valence-corrected chi connectivity index (χ0v) is 10.5. The Hall–Kier alpha value is -2.62. The van der Waals surface area contributed by atoms with E-state index in [-0.39, 0.29) is 0 Å². The second-order valence-corrected chi connectivity index (χ2v) is 4.23. The standard InChI is InChI=1S/C15H12N4/c1-11-10-14(12-2-6-16-7-3-12)18-19-15(11)13-4-8-17-9-5-13/h2-10H,1H3. The zero-order valence-electron chi connectivity index (χ0n) is 10.5. The van der Waals surface area contributed by atoms with Crippen LogP contribution in [0.2, 0.25) is 0 Å². The molecule has 0 amide bonds. The van der Waals surface area contributed by atoms with Gasteiger partial charge in [-0.25, -0.2) is 0 Å². The van der Waals surface area contributed by atoms with Gasteiger partial charge in [0.15, 0.2) is 0 Å². The Morgan fingerprint density at radius 1 is 0.737 bits per heavy atom. The van der Waals surface area contributed by atoms with Crippen LogP contribution in [0.25, 0.3) is 22.5 Å². The monoisotopic (exact) mass is 248 g/mol. The largest absolute Gasteiger partial charge is 0.265 e. The lowest BCUT2D eigenvalue weighted by molar-refractivity contribution is 1.03. The summed E-state index contributed by atoms with van der Waals surface area (Å²) >= 11 is 0. The minimum absolute atomic E-state index is 0.859. The van der Waals surface area contributed by atoms with Crippen LogP contribution in [0.15, 0.2) is 55.1 Å². The van der Waals surface area contributed by atoms with E-state index < -0.39 is 0 Å². The molecule has 3 aromatic heterocycles. The molecule has 0 fully saturated rings. The van der Waals surface area contributed by atoms with E-state index in [1.54, 1.807) is 24.8 Å². The zero-order chi connectivity index (χ0) is 13.1. The van der Waals surface area contributed by atoms with Crippen molar-refractivity contribution in [2.45, 2.75) is 6.92 Å². The molecule has 0 atom stereocenters. The molecule has 0 saturated carbocycles. The Kier molecular flexibility index (Phi) is 2.98. The highest BCUT2D eigenvalue weighted by Crippen LogP contribution is 2.23. The van der Waals surface area contributed by atoms with Gasteiger partial charge in [0.05, 0.1) is 11.4 Å². The molecule has 4 nitrogen and oxygen atoms in total. The van der Waals surface area contributed by atoms with Crippen LogP contribution in [0.3, 0.4) is 0 Å². The molecule has 19 heavy (non-hydrogen) atoms. The summed E-state index contributed by atoms with van der Waals surface area (Å²) in [6.07, 6.45) is 7.02. The van der Waals surface area contributed by atoms with Crippen molar-refractivity contribution in [2.75, 3.05) is 0 Å². The SMILES string of the molecule is Cc1cc(-c2ccncc2)nnc1-c1ccncc1. The summed E-state index contributed by atoms with van der Waals surface area (Å²) in [5.74, 6) is 0. The number of nitrogens with zero attached hydrogens (tertiary/aromatic N) is 4. The first-order valence-corrected chi connectivity index (χ1v) is 6.00. The van der Waals surface area contributed by atoms with Gasteiger partial charge in [-0.15, -0.1) is 10.2 Å². The second kappa shape index (κ2) is 4.94. The van der Waals surface area contributed by atoms with E-state index in [0.717, 1.165) is 28.1 Å². The molecule has 0 N–H and O–H groups in total. The molecule has 0 aliphatic rings. The predicted octanol–water partition coefficient (Wildman–Crippen LogP) is 2.91. The van der Waals surface area contributed by atoms with Gasteiger partial charge in [-0.05, 0) is 42.8 Å². The van der Waals surface area contributed by atoms with Crippen LogP contribution in [0.4, 0.5) is 0 Å². The van der Waals surface area contributed by atoms with E-state index in [9.17, 15) is 0 Å². The number of aryl methyl sites for hydroxylation is 1. The van der Waals surface area contributed by atoms with E-state index in [2.05, 4.69) is 20.2 Å². The highest BCUT2D eigenvalue weighted by atomic mass is 15.1. The van der Waals surface area contributed by atoms with Gasteiger partial charge in [-0.2, -0.15) is 0 Å². The van der Waals surface area contributed by atoms with Crippen molar-refractivity contribution in [1.29, 1.82) is 0 Å². The molecule has 0 radical (unpaired) electrons. The molecule has 0 aliphatic carbocycles. The first-order chi connectivity index (χ1) is 9.34. The molecule has 3 aromatic rings. The van der Waals surface area contributed by atoms with E-state index in [4.69, 9.17) is 0 Å². The Morgan fingerprint density at radius 2 is 1.32 bits per heavy atom. The highest BCUT2D eigenvalue weighted by Gasteiger charge is 2.07. The van der Waals surface area contributed by atoms with Gasteiger partial charge < -0.3 is 0 Å². The summed E-state index contributed by atoms with van der Waals surface area (Å²) in [6, 6.07) is 9.76. The average molecular weight is 248 g/mol. The molecule has 3 heterocycles. The van der Waals surface area contributed by atoms with Crippen LogP contribution in [0, 0.1) is 6.92 Å². The van der Waals surface area contributed by atoms with Gasteiger partial charge in [0.25, 0.3) is 0 Å². The lowest BCUT2D eigenvalue weighted by atomic mass is 10.1. The van der Waals surface area contributed by atoms with Crippen LogP contribution in [-0.4, -0.2) is 20.2 Å². The number of pyridine rings is 2. The van der Waals surface area contributed by atoms with Crippen molar-refractivity contribution < 1.29 is 0 Å². The third-order valence-electron chi connectivity index (χ3n) is 2.91. The topological polar surface area (TPSA) is 51.6 Å². The number of rotatable bonds is 2. The van der Waals surface area contributed by atoms with Crippen molar-refractivity contribution in [2.24, 2.45) is 0 Å². The van der Waals surface area contributed by atoms with Crippen LogP contribution in [0.5, 0.6) is 0 Å². The van der Waals surface area contributed by atoms with Crippen molar-refractivity contribution in [3.63, 3.8) is 0 Å². The molecule has 92 valence electrons. The highest BCUT2D eigenvalue weighted by molar-refractivity contribution is 5.66. The maximum absolute atomic E-state index is 4.33. The van der Waals surface area contributed by atoms with Gasteiger partial charge in [0.1, 0.15) is 0 Å². The minimum atomic E-state index is 0.859. The molecular formula is C15H12N4. The lowest BCUT2D eigenvalue weighted by Gasteiger charge is -2.06. The fourth-order valence-electron chi connectivity index (χ4n) is 1.94. The molecule has 4 heteroatoms. The Balaban J connectivity index is 2.04. The maximum atomic E-state index is 4.33. The smallest absolute Gasteiger partial charge is 0.0960 e. The van der Waals surface area contributed by atoms with Crippen molar-refractivity contribution in [3.8, 4) is 22.5 Å². The molecule has 0 aliphatic heterocycles. The Bertz CT molecular complexity index is 681. The van der Waals surface area contributed by atoms with Crippen molar-refractivity contribution in [3.05, 3.63) is 60.7 Å². The first-order valence-electron chi connectivity index (χ1n) is 6.00. The van der Waals surface area contributed by atoms with Crippen LogP contribution in [-0.2, 0) is 0 Å². The Labute approximate surface area is 111 Å². The van der Waals surface area contributed by atoms with E-state index in [1.165, 1.54) is 0 Å². The minimum Gasteiger partial charge on any atom is -0.265 e. The van der Waals surface area contributed by atoms with Crippen molar-refractivity contribution >= 4 is 0 Å². The van der Waals surface area contributed by atoms with E-state index >= 15 is 0 Å². The van der Waals surface area contributed by atoms with Gasteiger partial charge in [0, 0.05) is 35.9 Å². The second-order valence-electron chi connectivity index (χ2n) is 4.23. The summed E-state index contributed by atoms with van der Waals surface area (Å²) in [5, 5.41) is 8.61. The van der Waals surface area contributed by atoms with Gasteiger partial charge >= 0.3 is 0 Å². The Morgan fingerprint density at radius 3 is 1.89 bits per heavy atom. The first kappa shape index (κ1) is 11.5. The molecule has 0 bridgehead atoms. The van der Waals surface area contributed by atoms with E-state index in [1.807, 2.05) is 37.3 Å². The fraction of sp³-hybridized carbons (Fsp3) is 0.0667. The van der Waals surface area contributed by atoms with Crippen molar-refractivity contribution in [1.82, 2.24) is 20.2 Å². The third kappa shape index (κ3) is 2.33. The fourth-order valence-corrected chi connectivity index (χ4v) is 1.94. The molecular weight excluding hydrogens is 236 g/mol.